The number of amides is 1. The summed E-state index contributed by atoms with van der Waals surface area (Å²) >= 11 is 0. The first-order chi connectivity index (χ1) is 7.10. The number of ether oxygens (including phenoxy) is 1. The van der Waals surface area contributed by atoms with E-state index in [0.29, 0.717) is 6.54 Å². The van der Waals surface area contributed by atoms with E-state index in [1.54, 1.807) is 0 Å². The lowest BCUT2D eigenvalue weighted by molar-refractivity contribution is -0.134. The fraction of sp³-hybridized carbons (Fsp3) is 0.200. The SMILES string of the molecule is C=CCNC(=O)C=C(O)/C=C/C(=O)OC. The van der Waals surface area contributed by atoms with Crippen molar-refractivity contribution >= 4 is 11.9 Å². The van der Waals surface area contributed by atoms with Crippen LogP contribution in [0.5, 0.6) is 0 Å². The summed E-state index contributed by atoms with van der Waals surface area (Å²) in [5.41, 5.74) is 0. The molecule has 0 atom stereocenters. The number of methoxy groups -OCH3 is 1. The van der Waals surface area contributed by atoms with E-state index in [9.17, 15) is 9.59 Å². The fourth-order valence-electron chi connectivity index (χ4n) is 0.628. The van der Waals surface area contributed by atoms with Crippen molar-refractivity contribution in [2.24, 2.45) is 0 Å². The minimum Gasteiger partial charge on any atom is -0.508 e. The van der Waals surface area contributed by atoms with Crippen LogP contribution in [-0.2, 0) is 14.3 Å². The maximum absolute atomic E-state index is 11.0. The van der Waals surface area contributed by atoms with Gasteiger partial charge in [-0.15, -0.1) is 6.58 Å². The van der Waals surface area contributed by atoms with Gasteiger partial charge in [0.2, 0.25) is 5.91 Å². The van der Waals surface area contributed by atoms with E-state index < -0.39 is 11.9 Å². The lowest BCUT2D eigenvalue weighted by Crippen LogP contribution is -2.21. The predicted octanol–water partition coefficient (Wildman–Crippen LogP) is 0.460. The van der Waals surface area contributed by atoms with Crippen LogP contribution in [0.2, 0.25) is 0 Å². The highest BCUT2D eigenvalue weighted by Crippen LogP contribution is 1.91. The molecule has 5 nitrogen and oxygen atoms in total. The van der Waals surface area contributed by atoms with Crippen molar-refractivity contribution in [3.05, 3.63) is 36.6 Å². The molecule has 5 heteroatoms. The standard InChI is InChI=1S/C10H13NO4/c1-3-6-11-9(13)7-8(12)4-5-10(14)15-2/h3-5,7,12H,1,6H2,2H3,(H,11,13)/b5-4+,8-7?. The Morgan fingerprint density at radius 2 is 2.13 bits per heavy atom. The molecule has 0 aliphatic heterocycles. The summed E-state index contributed by atoms with van der Waals surface area (Å²) in [5, 5.41) is 11.6. The van der Waals surface area contributed by atoms with E-state index in [4.69, 9.17) is 5.11 Å². The average Bonchev–Trinajstić information content (AvgIpc) is 2.22. The zero-order valence-electron chi connectivity index (χ0n) is 8.40. The molecule has 0 aromatic rings. The van der Waals surface area contributed by atoms with Gasteiger partial charge >= 0.3 is 5.97 Å². The molecule has 15 heavy (non-hydrogen) atoms. The van der Waals surface area contributed by atoms with Crippen LogP contribution in [0.1, 0.15) is 0 Å². The highest BCUT2D eigenvalue weighted by molar-refractivity contribution is 5.89. The van der Waals surface area contributed by atoms with Crippen LogP contribution in [0.3, 0.4) is 0 Å². The Hall–Kier alpha value is -2.04. The normalized spacial score (nSPS) is 11.1. The molecule has 2 N–H and O–H groups in total. The van der Waals surface area contributed by atoms with Crippen LogP contribution in [0.4, 0.5) is 0 Å². The third kappa shape index (κ3) is 7.06. The molecule has 0 fully saturated rings. The number of aliphatic hydroxyl groups is 1. The van der Waals surface area contributed by atoms with Gasteiger partial charge in [-0.25, -0.2) is 4.79 Å². The van der Waals surface area contributed by atoms with Crippen LogP contribution in [0.25, 0.3) is 0 Å². The summed E-state index contributed by atoms with van der Waals surface area (Å²) in [4.78, 5) is 21.6. The molecule has 0 aromatic carbocycles. The second kappa shape index (κ2) is 7.37. The van der Waals surface area contributed by atoms with Crippen LogP contribution in [-0.4, -0.2) is 30.6 Å². The van der Waals surface area contributed by atoms with Crippen molar-refractivity contribution in [1.29, 1.82) is 0 Å². The number of rotatable bonds is 5. The van der Waals surface area contributed by atoms with Gasteiger partial charge in [0.1, 0.15) is 5.76 Å². The monoisotopic (exact) mass is 211 g/mol. The number of hydrogen-bond donors (Lipinski definition) is 2. The Bertz CT molecular complexity index is 305. The molecule has 0 aromatic heterocycles. The molecular weight excluding hydrogens is 198 g/mol. The first-order valence-electron chi connectivity index (χ1n) is 4.15. The Labute approximate surface area is 87.7 Å². The molecule has 0 rings (SSSR count). The minimum absolute atomic E-state index is 0.309. The van der Waals surface area contributed by atoms with Gasteiger partial charge in [0.25, 0.3) is 0 Å². The summed E-state index contributed by atoms with van der Waals surface area (Å²) in [6, 6.07) is 0. The highest BCUT2D eigenvalue weighted by atomic mass is 16.5. The lowest BCUT2D eigenvalue weighted by Gasteiger charge is -1.96. The van der Waals surface area contributed by atoms with E-state index in [1.807, 2.05) is 0 Å². The number of hydrogen-bond acceptors (Lipinski definition) is 4. The molecule has 0 heterocycles. The van der Waals surface area contributed by atoms with Gasteiger partial charge in [-0.2, -0.15) is 0 Å². The second-order valence-corrected chi connectivity index (χ2v) is 2.46. The Kier molecular flexibility index (Phi) is 6.37. The maximum Gasteiger partial charge on any atom is 0.330 e. The molecule has 0 aliphatic carbocycles. The summed E-state index contributed by atoms with van der Waals surface area (Å²) in [6.45, 7) is 3.72. The van der Waals surface area contributed by atoms with Gasteiger partial charge in [-0.05, 0) is 6.08 Å². The first-order valence-corrected chi connectivity index (χ1v) is 4.15. The van der Waals surface area contributed by atoms with Crippen LogP contribution in [0, 0.1) is 0 Å². The van der Waals surface area contributed by atoms with E-state index in [0.717, 1.165) is 18.2 Å². The summed E-state index contributed by atoms with van der Waals surface area (Å²) < 4.78 is 4.29. The number of carbonyl (C=O) groups is 2. The molecule has 0 saturated carbocycles. The average molecular weight is 211 g/mol. The fourth-order valence-corrected chi connectivity index (χ4v) is 0.628. The lowest BCUT2D eigenvalue weighted by atomic mass is 10.3. The molecule has 0 bridgehead atoms. The third-order valence-corrected chi connectivity index (χ3v) is 1.29. The second-order valence-electron chi connectivity index (χ2n) is 2.46. The van der Waals surface area contributed by atoms with E-state index in [1.165, 1.54) is 13.2 Å². The zero-order chi connectivity index (χ0) is 11.7. The first kappa shape index (κ1) is 13.0. The summed E-state index contributed by atoms with van der Waals surface area (Å²) in [5.74, 6) is -1.41. The van der Waals surface area contributed by atoms with Crippen LogP contribution >= 0.6 is 0 Å². The van der Waals surface area contributed by atoms with Crippen molar-refractivity contribution in [3.8, 4) is 0 Å². The number of allylic oxidation sites excluding steroid dienone is 1. The molecule has 0 spiro atoms. The molecule has 0 aliphatic rings. The zero-order valence-corrected chi connectivity index (χ0v) is 8.40. The van der Waals surface area contributed by atoms with Crippen LogP contribution < -0.4 is 5.32 Å². The van der Waals surface area contributed by atoms with Gasteiger partial charge in [-0.3, -0.25) is 4.79 Å². The van der Waals surface area contributed by atoms with Crippen molar-refractivity contribution in [3.63, 3.8) is 0 Å². The summed E-state index contributed by atoms with van der Waals surface area (Å²) in [7, 11) is 1.21. The minimum atomic E-state index is -0.610. The van der Waals surface area contributed by atoms with Gasteiger partial charge in [0, 0.05) is 18.7 Å². The van der Waals surface area contributed by atoms with Gasteiger partial charge in [-0.1, -0.05) is 6.08 Å². The van der Waals surface area contributed by atoms with Gasteiger partial charge in [0.15, 0.2) is 0 Å². The van der Waals surface area contributed by atoms with Crippen molar-refractivity contribution in [2.45, 2.75) is 0 Å². The van der Waals surface area contributed by atoms with Crippen molar-refractivity contribution < 1.29 is 19.4 Å². The van der Waals surface area contributed by atoms with Crippen molar-refractivity contribution in [1.82, 2.24) is 5.32 Å². The molecule has 0 saturated heterocycles. The smallest absolute Gasteiger partial charge is 0.330 e. The van der Waals surface area contributed by atoms with E-state index in [-0.39, 0.29) is 5.76 Å². The van der Waals surface area contributed by atoms with Crippen LogP contribution in [0.15, 0.2) is 36.6 Å². The van der Waals surface area contributed by atoms with Gasteiger partial charge in [0.05, 0.1) is 7.11 Å². The molecule has 0 unspecified atom stereocenters. The highest BCUT2D eigenvalue weighted by Gasteiger charge is 1.97. The largest absolute Gasteiger partial charge is 0.508 e. The Morgan fingerprint density at radius 3 is 2.67 bits per heavy atom. The molecule has 0 radical (unpaired) electrons. The Balaban J connectivity index is 4.18. The molecular formula is C10H13NO4. The number of aliphatic hydroxyl groups excluding tert-OH is 1. The maximum atomic E-state index is 11.0. The van der Waals surface area contributed by atoms with E-state index in [2.05, 4.69) is 16.6 Å². The number of nitrogens with one attached hydrogen (secondary N) is 1. The predicted molar refractivity (Wildman–Crippen MR) is 55.1 cm³/mol. The third-order valence-electron chi connectivity index (χ3n) is 1.29. The molecule has 1 amide bonds. The number of esters is 1. The topological polar surface area (TPSA) is 75.6 Å². The quantitative estimate of drug-likeness (QED) is 0.228. The molecule has 82 valence electrons. The number of carbonyl (C=O) groups excluding carboxylic acids is 2. The van der Waals surface area contributed by atoms with Crippen molar-refractivity contribution in [2.75, 3.05) is 13.7 Å². The van der Waals surface area contributed by atoms with Gasteiger partial charge < -0.3 is 15.2 Å². The summed E-state index contributed by atoms with van der Waals surface area (Å²) in [6.07, 6.45) is 4.53. The van der Waals surface area contributed by atoms with E-state index >= 15 is 0 Å². The Morgan fingerprint density at radius 1 is 1.47 bits per heavy atom.